The van der Waals surface area contributed by atoms with Gasteiger partial charge in [0.15, 0.2) is 0 Å². The normalized spacial score (nSPS) is 12.3. The van der Waals surface area contributed by atoms with Crippen molar-refractivity contribution in [3.8, 4) is 0 Å². The SMILES string of the molecule is CN(CCc1cccs1)CC(C)(C)CO. The first-order valence-corrected chi connectivity index (χ1v) is 6.23. The molecule has 0 radical (unpaired) electrons. The Kier molecular flexibility index (Phi) is 4.77. The Labute approximate surface area is 96.5 Å². The van der Waals surface area contributed by atoms with Crippen molar-refractivity contribution >= 4 is 11.3 Å². The number of thiophene rings is 1. The molecule has 2 nitrogen and oxygen atoms in total. The maximum Gasteiger partial charge on any atom is 0.0494 e. The van der Waals surface area contributed by atoms with E-state index in [1.54, 1.807) is 0 Å². The monoisotopic (exact) mass is 227 g/mol. The van der Waals surface area contributed by atoms with Gasteiger partial charge in [-0.05, 0) is 24.9 Å². The molecular formula is C12H21NOS. The summed E-state index contributed by atoms with van der Waals surface area (Å²) < 4.78 is 0. The molecule has 86 valence electrons. The molecule has 1 aromatic rings. The predicted octanol–water partition coefficient (Wildman–Crippen LogP) is 2.24. The molecule has 1 rings (SSSR count). The third-order valence-corrected chi connectivity index (χ3v) is 3.38. The summed E-state index contributed by atoms with van der Waals surface area (Å²) in [5.41, 5.74) is 0.00417. The largest absolute Gasteiger partial charge is 0.396 e. The standard InChI is InChI=1S/C12H21NOS/c1-12(2,10-14)9-13(3)7-6-11-5-4-8-15-11/h4-5,8,14H,6-7,9-10H2,1-3H3. The molecule has 0 aliphatic heterocycles. The van der Waals surface area contributed by atoms with Crippen molar-refractivity contribution in [3.63, 3.8) is 0 Å². The van der Waals surface area contributed by atoms with Gasteiger partial charge >= 0.3 is 0 Å². The van der Waals surface area contributed by atoms with Gasteiger partial charge in [0.2, 0.25) is 0 Å². The van der Waals surface area contributed by atoms with Crippen LogP contribution in [-0.2, 0) is 6.42 Å². The molecule has 0 unspecified atom stereocenters. The lowest BCUT2D eigenvalue weighted by Crippen LogP contribution is -2.34. The minimum Gasteiger partial charge on any atom is -0.396 e. The van der Waals surface area contributed by atoms with Crippen molar-refractivity contribution < 1.29 is 5.11 Å². The second kappa shape index (κ2) is 5.64. The van der Waals surface area contributed by atoms with Gasteiger partial charge in [-0.2, -0.15) is 0 Å². The average Bonchev–Trinajstić information content (AvgIpc) is 2.66. The molecule has 1 aromatic heterocycles. The summed E-state index contributed by atoms with van der Waals surface area (Å²) in [4.78, 5) is 3.72. The van der Waals surface area contributed by atoms with E-state index >= 15 is 0 Å². The molecule has 0 fully saturated rings. The van der Waals surface area contributed by atoms with E-state index in [0.717, 1.165) is 19.5 Å². The van der Waals surface area contributed by atoms with E-state index in [0.29, 0.717) is 0 Å². The Morgan fingerprint density at radius 3 is 2.73 bits per heavy atom. The predicted molar refractivity (Wildman–Crippen MR) is 66.4 cm³/mol. The first-order chi connectivity index (χ1) is 7.03. The van der Waals surface area contributed by atoms with Gasteiger partial charge in [0, 0.05) is 30.0 Å². The van der Waals surface area contributed by atoms with Gasteiger partial charge in [0.1, 0.15) is 0 Å². The Balaban J connectivity index is 2.27. The number of hydrogen-bond donors (Lipinski definition) is 1. The first kappa shape index (κ1) is 12.7. The fourth-order valence-corrected chi connectivity index (χ4v) is 2.31. The van der Waals surface area contributed by atoms with Gasteiger partial charge in [0.25, 0.3) is 0 Å². The molecule has 0 saturated heterocycles. The third-order valence-electron chi connectivity index (χ3n) is 2.45. The second-order valence-electron chi connectivity index (χ2n) is 4.89. The van der Waals surface area contributed by atoms with Crippen LogP contribution in [0, 0.1) is 5.41 Å². The number of hydrogen-bond acceptors (Lipinski definition) is 3. The lowest BCUT2D eigenvalue weighted by Gasteiger charge is -2.28. The van der Waals surface area contributed by atoms with Crippen LogP contribution in [0.3, 0.4) is 0 Å². The molecule has 15 heavy (non-hydrogen) atoms. The Morgan fingerprint density at radius 2 is 2.20 bits per heavy atom. The van der Waals surface area contributed by atoms with E-state index in [9.17, 15) is 5.11 Å². The minimum atomic E-state index is 0.00417. The van der Waals surface area contributed by atoms with Crippen LogP contribution < -0.4 is 0 Å². The van der Waals surface area contributed by atoms with Crippen LogP contribution >= 0.6 is 11.3 Å². The van der Waals surface area contributed by atoms with Crippen LogP contribution in [0.15, 0.2) is 17.5 Å². The van der Waals surface area contributed by atoms with Gasteiger partial charge in [-0.25, -0.2) is 0 Å². The fraction of sp³-hybridized carbons (Fsp3) is 0.667. The lowest BCUT2D eigenvalue weighted by molar-refractivity contribution is 0.116. The summed E-state index contributed by atoms with van der Waals surface area (Å²) in [5.74, 6) is 0. The smallest absolute Gasteiger partial charge is 0.0494 e. The summed E-state index contributed by atoms with van der Waals surface area (Å²) >= 11 is 1.81. The zero-order valence-electron chi connectivity index (χ0n) is 9.86. The van der Waals surface area contributed by atoms with Crippen molar-refractivity contribution in [1.82, 2.24) is 4.90 Å². The van der Waals surface area contributed by atoms with E-state index in [4.69, 9.17) is 0 Å². The molecule has 0 aliphatic carbocycles. The van der Waals surface area contributed by atoms with E-state index in [1.807, 2.05) is 11.3 Å². The van der Waals surface area contributed by atoms with Crippen LogP contribution in [-0.4, -0.2) is 36.8 Å². The molecule has 1 heterocycles. The van der Waals surface area contributed by atoms with Crippen molar-refractivity contribution in [2.24, 2.45) is 5.41 Å². The molecule has 0 aliphatic rings. The highest BCUT2D eigenvalue weighted by molar-refractivity contribution is 7.09. The van der Waals surface area contributed by atoms with Crippen molar-refractivity contribution in [1.29, 1.82) is 0 Å². The van der Waals surface area contributed by atoms with Gasteiger partial charge in [0.05, 0.1) is 0 Å². The lowest BCUT2D eigenvalue weighted by atomic mass is 9.94. The van der Waals surface area contributed by atoms with Crippen molar-refractivity contribution in [2.75, 3.05) is 26.7 Å². The van der Waals surface area contributed by atoms with Crippen LogP contribution in [0.1, 0.15) is 18.7 Å². The van der Waals surface area contributed by atoms with Crippen molar-refractivity contribution in [2.45, 2.75) is 20.3 Å². The van der Waals surface area contributed by atoms with Crippen LogP contribution in [0.25, 0.3) is 0 Å². The molecule has 1 N–H and O–H groups in total. The van der Waals surface area contributed by atoms with Gasteiger partial charge in [-0.15, -0.1) is 11.3 Å². The molecule has 0 saturated carbocycles. The molecule has 3 heteroatoms. The van der Waals surface area contributed by atoms with E-state index in [1.165, 1.54) is 4.88 Å². The zero-order chi connectivity index (χ0) is 11.3. The minimum absolute atomic E-state index is 0.00417. The number of likely N-dealkylation sites (N-methyl/N-ethyl adjacent to an activating group) is 1. The van der Waals surface area contributed by atoms with Gasteiger partial charge in [-0.3, -0.25) is 0 Å². The number of aliphatic hydroxyl groups excluding tert-OH is 1. The van der Waals surface area contributed by atoms with E-state index in [-0.39, 0.29) is 12.0 Å². The van der Waals surface area contributed by atoms with Crippen LogP contribution in [0.5, 0.6) is 0 Å². The van der Waals surface area contributed by atoms with E-state index < -0.39 is 0 Å². The van der Waals surface area contributed by atoms with Gasteiger partial charge in [-0.1, -0.05) is 19.9 Å². The summed E-state index contributed by atoms with van der Waals surface area (Å²) in [6.07, 6.45) is 1.11. The Bertz CT molecular complexity index is 269. The van der Waals surface area contributed by atoms with Crippen LogP contribution in [0.4, 0.5) is 0 Å². The maximum absolute atomic E-state index is 9.17. The first-order valence-electron chi connectivity index (χ1n) is 5.35. The highest BCUT2D eigenvalue weighted by Gasteiger charge is 2.18. The summed E-state index contributed by atoms with van der Waals surface area (Å²) in [5, 5.41) is 11.3. The second-order valence-corrected chi connectivity index (χ2v) is 5.92. The molecule has 0 amide bonds. The zero-order valence-corrected chi connectivity index (χ0v) is 10.7. The highest BCUT2D eigenvalue weighted by Crippen LogP contribution is 2.15. The van der Waals surface area contributed by atoms with E-state index in [2.05, 4.69) is 43.3 Å². The molecular weight excluding hydrogens is 206 g/mol. The maximum atomic E-state index is 9.17. The molecule has 0 atom stereocenters. The average molecular weight is 227 g/mol. The highest BCUT2D eigenvalue weighted by atomic mass is 32.1. The summed E-state index contributed by atoms with van der Waals surface area (Å²) in [6, 6.07) is 4.27. The number of nitrogens with zero attached hydrogens (tertiary/aromatic N) is 1. The molecule has 0 spiro atoms. The summed E-state index contributed by atoms with van der Waals surface area (Å²) in [7, 11) is 2.12. The number of rotatable bonds is 6. The van der Waals surface area contributed by atoms with Gasteiger partial charge < -0.3 is 10.0 Å². The number of aliphatic hydroxyl groups is 1. The topological polar surface area (TPSA) is 23.5 Å². The quantitative estimate of drug-likeness (QED) is 0.805. The van der Waals surface area contributed by atoms with Crippen molar-refractivity contribution in [3.05, 3.63) is 22.4 Å². The fourth-order valence-electron chi connectivity index (χ4n) is 1.62. The molecule has 0 aromatic carbocycles. The molecule has 0 bridgehead atoms. The summed E-state index contributed by atoms with van der Waals surface area (Å²) in [6.45, 7) is 6.43. The van der Waals surface area contributed by atoms with Crippen LogP contribution in [0.2, 0.25) is 0 Å². The Hall–Kier alpha value is -0.380. The third kappa shape index (κ3) is 4.78. The Morgan fingerprint density at radius 1 is 1.47 bits per heavy atom.